The van der Waals surface area contributed by atoms with Gasteiger partial charge in [0.05, 0.1) is 6.54 Å². The van der Waals surface area contributed by atoms with Crippen molar-refractivity contribution in [2.75, 3.05) is 13.1 Å². The summed E-state index contributed by atoms with van der Waals surface area (Å²) in [5.41, 5.74) is 1.78. The average molecular weight is 201 g/mol. The summed E-state index contributed by atoms with van der Waals surface area (Å²) in [6.45, 7) is 4.89. The van der Waals surface area contributed by atoms with Crippen LogP contribution in [0.2, 0.25) is 0 Å². The van der Waals surface area contributed by atoms with E-state index < -0.39 is 0 Å². The highest BCUT2D eigenvalue weighted by molar-refractivity contribution is 5.94. The average Bonchev–Trinajstić information content (AvgIpc) is 2.25. The Hall–Kier alpha value is -1.75. The van der Waals surface area contributed by atoms with Gasteiger partial charge in [-0.25, -0.2) is 0 Å². The van der Waals surface area contributed by atoms with Crippen molar-refractivity contribution < 1.29 is 4.79 Å². The first-order chi connectivity index (χ1) is 7.19. The predicted octanol–water partition coefficient (Wildman–Crippen LogP) is 2.09. The summed E-state index contributed by atoms with van der Waals surface area (Å²) in [6, 6.07) is 7.54. The van der Waals surface area contributed by atoms with Crippen molar-refractivity contribution in [3.8, 4) is 12.3 Å². The number of carbonyl (C=O) groups is 1. The number of amides is 1. The minimum absolute atomic E-state index is 0.000787. The van der Waals surface area contributed by atoms with Gasteiger partial charge in [0.2, 0.25) is 0 Å². The Morgan fingerprint density at radius 2 is 2.27 bits per heavy atom. The Balaban J connectivity index is 2.88. The molecule has 0 unspecified atom stereocenters. The molecule has 1 aromatic carbocycles. The first-order valence-electron chi connectivity index (χ1n) is 4.98. The van der Waals surface area contributed by atoms with Gasteiger partial charge in [0.1, 0.15) is 0 Å². The molecule has 0 fully saturated rings. The standard InChI is InChI=1S/C13H15NO/c1-4-9-14(5-2)13(15)12-8-6-7-11(3)10-12/h1,6-8,10H,5,9H2,2-3H3. The second-order valence-electron chi connectivity index (χ2n) is 3.39. The van der Waals surface area contributed by atoms with Crippen LogP contribution in [-0.2, 0) is 0 Å². The smallest absolute Gasteiger partial charge is 0.254 e. The van der Waals surface area contributed by atoms with Gasteiger partial charge in [0, 0.05) is 12.1 Å². The number of terminal acetylenes is 1. The van der Waals surface area contributed by atoms with Crippen LogP contribution in [0.25, 0.3) is 0 Å². The summed E-state index contributed by atoms with van der Waals surface area (Å²) >= 11 is 0. The van der Waals surface area contributed by atoms with Gasteiger partial charge in [-0.3, -0.25) is 4.79 Å². The van der Waals surface area contributed by atoms with Crippen LogP contribution in [0.4, 0.5) is 0 Å². The molecule has 2 nitrogen and oxygen atoms in total. The van der Waals surface area contributed by atoms with E-state index >= 15 is 0 Å². The van der Waals surface area contributed by atoms with Crippen LogP contribution in [0.5, 0.6) is 0 Å². The number of carbonyl (C=O) groups excluding carboxylic acids is 1. The fraction of sp³-hybridized carbons (Fsp3) is 0.308. The van der Waals surface area contributed by atoms with Crippen molar-refractivity contribution in [2.45, 2.75) is 13.8 Å². The lowest BCUT2D eigenvalue weighted by Crippen LogP contribution is -2.31. The van der Waals surface area contributed by atoms with Gasteiger partial charge >= 0.3 is 0 Å². The highest BCUT2D eigenvalue weighted by atomic mass is 16.2. The van der Waals surface area contributed by atoms with Crippen molar-refractivity contribution in [1.29, 1.82) is 0 Å². The molecule has 0 saturated carbocycles. The molecular weight excluding hydrogens is 186 g/mol. The minimum atomic E-state index is -0.000787. The van der Waals surface area contributed by atoms with Gasteiger partial charge in [0.15, 0.2) is 0 Å². The van der Waals surface area contributed by atoms with E-state index in [1.807, 2.05) is 38.1 Å². The molecule has 0 aliphatic heterocycles. The van der Waals surface area contributed by atoms with Crippen molar-refractivity contribution in [2.24, 2.45) is 0 Å². The Morgan fingerprint density at radius 3 is 2.80 bits per heavy atom. The van der Waals surface area contributed by atoms with Crippen LogP contribution in [0.15, 0.2) is 24.3 Å². The molecule has 1 rings (SSSR count). The van der Waals surface area contributed by atoms with E-state index in [0.717, 1.165) is 5.56 Å². The topological polar surface area (TPSA) is 20.3 Å². The molecular formula is C13H15NO. The van der Waals surface area contributed by atoms with E-state index in [4.69, 9.17) is 6.42 Å². The van der Waals surface area contributed by atoms with Gasteiger partial charge in [-0.15, -0.1) is 6.42 Å². The minimum Gasteiger partial charge on any atom is -0.328 e. The molecule has 0 atom stereocenters. The Morgan fingerprint density at radius 1 is 1.53 bits per heavy atom. The van der Waals surface area contributed by atoms with Crippen molar-refractivity contribution in [3.05, 3.63) is 35.4 Å². The number of hydrogen-bond donors (Lipinski definition) is 0. The Labute approximate surface area is 90.9 Å². The number of aryl methyl sites for hydroxylation is 1. The van der Waals surface area contributed by atoms with E-state index in [0.29, 0.717) is 18.7 Å². The summed E-state index contributed by atoms with van der Waals surface area (Å²) in [7, 11) is 0. The molecule has 1 aromatic rings. The SMILES string of the molecule is C#CCN(CC)C(=O)c1cccc(C)c1. The Kier molecular flexibility index (Phi) is 3.93. The maximum atomic E-state index is 11.9. The summed E-state index contributed by atoms with van der Waals surface area (Å²) in [5.74, 6) is 2.49. The van der Waals surface area contributed by atoms with E-state index in [2.05, 4.69) is 5.92 Å². The van der Waals surface area contributed by atoms with Crippen LogP contribution in [-0.4, -0.2) is 23.9 Å². The summed E-state index contributed by atoms with van der Waals surface area (Å²) in [6.07, 6.45) is 5.21. The number of hydrogen-bond acceptors (Lipinski definition) is 1. The number of benzene rings is 1. The monoisotopic (exact) mass is 201 g/mol. The van der Waals surface area contributed by atoms with Crippen LogP contribution in [0, 0.1) is 19.3 Å². The molecule has 0 spiro atoms. The first-order valence-corrected chi connectivity index (χ1v) is 4.98. The molecule has 15 heavy (non-hydrogen) atoms. The number of nitrogens with zero attached hydrogens (tertiary/aromatic N) is 1. The van der Waals surface area contributed by atoms with E-state index in [1.54, 1.807) is 4.90 Å². The second kappa shape index (κ2) is 5.21. The first kappa shape index (κ1) is 11.3. The fourth-order valence-corrected chi connectivity index (χ4v) is 1.40. The maximum absolute atomic E-state index is 11.9. The molecule has 2 heteroatoms. The lowest BCUT2D eigenvalue weighted by Gasteiger charge is -2.18. The summed E-state index contributed by atoms with van der Waals surface area (Å²) in [4.78, 5) is 13.6. The third-order valence-corrected chi connectivity index (χ3v) is 2.22. The zero-order valence-electron chi connectivity index (χ0n) is 9.16. The largest absolute Gasteiger partial charge is 0.328 e. The zero-order chi connectivity index (χ0) is 11.3. The highest BCUT2D eigenvalue weighted by Gasteiger charge is 2.12. The lowest BCUT2D eigenvalue weighted by atomic mass is 10.1. The fourth-order valence-electron chi connectivity index (χ4n) is 1.40. The molecule has 0 radical (unpaired) electrons. The molecule has 1 amide bonds. The Bertz CT molecular complexity index is 390. The van der Waals surface area contributed by atoms with Gasteiger partial charge in [-0.1, -0.05) is 23.6 Å². The molecule has 0 aromatic heterocycles. The zero-order valence-corrected chi connectivity index (χ0v) is 9.16. The van der Waals surface area contributed by atoms with Gasteiger partial charge in [-0.05, 0) is 26.0 Å². The van der Waals surface area contributed by atoms with Crippen molar-refractivity contribution in [3.63, 3.8) is 0 Å². The number of rotatable bonds is 3. The van der Waals surface area contributed by atoms with E-state index in [9.17, 15) is 4.79 Å². The van der Waals surface area contributed by atoms with Crippen LogP contribution >= 0.6 is 0 Å². The normalized spacial score (nSPS) is 9.40. The molecule has 0 aliphatic carbocycles. The van der Waals surface area contributed by atoms with Crippen LogP contribution in [0.3, 0.4) is 0 Å². The van der Waals surface area contributed by atoms with Crippen molar-refractivity contribution in [1.82, 2.24) is 4.90 Å². The second-order valence-corrected chi connectivity index (χ2v) is 3.39. The molecule has 0 bridgehead atoms. The lowest BCUT2D eigenvalue weighted by molar-refractivity contribution is 0.0785. The predicted molar refractivity (Wildman–Crippen MR) is 61.6 cm³/mol. The molecule has 0 heterocycles. The van der Waals surface area contributed by atoms with Crippen molar-refractivity contribution >= 4 is 5.91 Å². The molecule has 0 saturated heterocycles. The third kappa shape index (κ3) is 2.85. The molecule has 0 aliphatic rings. The highest BCUT2D eigenvalue weighted by Crippen LogP contribution is 2.07. The van der Waals surface area contributed by atoms with Gasteiger partial charge in [0.25, 0.3) is 5.91 Å². The van der Waals surface area contributed by atoms with E-state index in [-0.39, 0.29) is 5.91 Å². The molecule has 78 valence electrons. The van der Waals surface area contributed by atoms with Crippen LogP contribution < -0.4 is 0 Å². The van der Waals surface area contributed by atoms with Gasteiger partial charge in [-0.2, -0.15) is 0 Å². The van der Waals surface area contributed by atoms with Crippen LogP contribution in [0.1, 0.15) is 22.8 Å². The van der Waals surface area contributed by atoms with Gasteiger partial charge < -0.3 is 4.90 Å². The third-order valence-electron chi connectivity index (χ3n) is 2.22. The summed E-state index contributed by atoms with van der Waals surface area (Å²) < 4.78 is 0. The summed E-state index contributed by atoms with van der Waals surface area (Å²) in [5, 5.41) is 0. The van der Waals surface area contributed by atoms with E-state index in [1.165, 1.54) is 0 Å². The quantitative estimate of drug-likeness (QED) is 0.686. The molecule has 0 N–H and O–H groups in total. The maximum Gasteiger partial charge on any atom is 0.254 e.